The molecule has 0 saturated heterocycles. The van der Waals surface area contributed by atoms with Crippen LogP contribution in [-0.4, -0.2) is 17.3 Å². The Morgan fingerprint density at radius 1 is 1.23 bits per heavy atom. The molecule has 1 saturated carbocycles. The molecule has 1 fully saturated rings. The first-order chi connectivity index (χ1) is 10.7. The minimum Gasteiger partial charge on any atom is -0.454 e. The van der Waals surface area contributed by atoms with Crippen LogP contribution in [0.4, 0.5) is 0 Å². The van der Waals surface area contributed by atoms with Crippen LogP contribution in [0.15, 0.2) is 17.1 Å². The molecular weight excluding hydrogens is 300 g/mol. The monoisotopic (exact) mass is 318 g/mol. The molecule has 1 aliphatic heterocycles. The second kappa shape index (κ2) is 5.43. The van der Waals surface area contributed by atoms with Crippen molar-refractivity contribution in [2.45, 2.75) is 32.1 Å². The van der Waals surface area contributed by atoms with Crippen molar-refractivity contribution in [2.24, 2.45) is 18.0 Å². The van der Waals surface area contributed by atoms with E-state index >= 15 is 0 Å². The van der Waals surface area contributed by atoms with Crippen LogP contribution in [0.2, 0.25) is 0 Å². The SMILES string of the molecule is Cn1c(=NC(=O)C2CCCCC2)sc2cc3c(cc21)OCO3. The average Bonchev–Trinajstić information content (AvgIpc) is 3.11. The number of benzene rings is 1. The summed E-state index contributed by atoms with van der Waals surface area (Å²) in [7, 11) is 1.94. The van der Waals surface area contributed by atoms with E-state index in [-0.39, 0.29) is 18.6 Å². The first-order valence-electron chi connectivity index (χ1n) is 7.70. The summed E-state index contributed by atoms with van der Waals surface area (Å²) in [4.78, 5) is 17.5. The van der Waals surface area contributed by atoms with E-state index in [0.717, 1.165) is 52.2 Å². The van der Waals surface area contributed by atoms with Crippen molar-refractivity contribution in [2.75, 3.05) is 6.79 Å². The fourth-order valence-corrected chi connectivity index (χ4v) is 4.19. The molecule has 0 radical (unpaired) electrons. The van der Waals surface area contributed by atoms with Crippen LogP contribution >= 0.6 is 11.3 Å². The van der Waals surface area contributed by atoms with Gasteiger partial charge in [-0.05, 0) is 12.8 Å². The first-order valence-corrected chi connectivity index (χ1v) is 8.52. The number of amides is 1. The summed E-state index contributed by atoms with van der Waals surface area (Å²) in [5, 5.41) is 0. The minimum atomic E-state index is 0.0295. The predicted molar refractivity (Wildman–Crippen MR) is 84.1 cm³/mol. The van der Waals surface area contributed by atoms with Gasteiger partial charge in [0.25, 0.3) is 5.91 Å². The molecule has 2 aliphatic rings. The Bertz CT molecular complexity index is 800. The molecule has 2 heterocycles. The molecule has 5 nitrogen and oxygen atoms in total. The summed E-state index contributed by atoms with van der Waals surface area (Å²) in [6.07, 6.45) is 5.49. The minimum absolute atomic E-state index is 0.0295. The lowest BCUT2D eigenvalue weighted by atomic mass is 9.89. The largest absolute Gasteiger partial charge is 0.454 e. The molecule has 6 heteroatoms. The lowest BCUT2D eigenvalue weighted by Crippen LogP contribution is -2.20. The van der Waals surface area contributed by atoms with Crippen LogP contribution in [0.3, 0.4) is 0 Å². The lowest BCUT2D eigenvalue weighted by Gasteiger charge is -2.17. The molecule has 1 amide bonds. The molecule has 0 spiro atoms. The van der Waals surface area contributed by atoms with Crippen molar-refractivity contribution in [1.82, 2.24) is 4.57 Å². The van der Waals surface area contributed by atoms with E-state index in [4.69, 9.17) is 9.47 Å². The smallest absolute Gasteiger partial charge is 0.251 e. The molecule has 22 heavy (non-hydrogen) atoms. The van der Waals surface area contributed by atoms with E-state index in [9.17, 15) is 4.79 Å². The van der Waals surface area contributed by atoms with E-state index in [1.165, 1.54) is 17.8 Å². The maximum Gasteiger partial charge on any atom is 0.251 e. The number of ether oxygens (including phenoxy) is 2. The Morgan fingerprint density at radius 2 is 1.95 bits per heavy atom. The van der Waals surface area contributed by atoms with Gasteiger partial charge in [-0.3, -0.25) is 4.79 Å². The van der Waals surface area contributed by atoms with Crippen LogP contribution in [0.25, 0.3) is 10.2 Å². The van der Waals surface area contributed by atoms with Gasteiger partial charge >= 0.3 is 0 Å². The summed E-state index contributed by atoms with van der Waals surface area (Å²) in [6.45, 7) is 0.272. The number of carbonyl (C=O) groups excluding carboxylic acids is 1. The third kappa shape index (κ3) is 2.31. The van der Waals surface area contributed by atoms with E-state index in [1.54, 1.807) is 0 Å². The van der Waals surface area contributed by atoms with Crippen molar-refractivity contribution < 1.29 is 14.3 Å². The quantitative estimate of drug-likeness (QED) is 0.812. The number of rotatable bonds is 1. The molecule has 0 bridgehead atoms. The highest BCUT2D eigenvalue weighted by Crippen LogP contribution is 2.36. The summed E-state index contributed by atoms with van der Waals surface area (Å²) < 4.78 is 13.8. The summed E-state index contributed by atoms with van der Waals surface area (Å²) >= 11 is 1.52. The van der Waals surface area contributed by atoms with Crippen molar-refractivity contribution >= 4 is 27.5 Å². The van der Waals surface area contributed by atoms with Crippen LogP contribution in [-0.2, 0) is 11.8 Å². The van der Waals surface area contributed by atoms with Crippen molar-refractivity contribution in [1.29, 1.82) is 0 Å². The summed E-state index contributed by atoms with van der Waals surface area (Å²) in [6, 6.07) is 3.92. The van der Waals surface area contributed by atoms with E-state index in [2.05, 4.69) is 4.99 Å². The number of carbonyl (C=O) groups is 1. The molecular formula is C16H18N2O3S. The van der Waals surface area contributed by atoms with Gasteiger partial charge < -0.3 is 14.0 Å². The third-order valence-corrected chi connectivity index (χ3v) is 5.56. The number of hydrogen-bond acceptors (Lipinski definition) is 4. The number of aromatic nitrogens is 1. The van der Waals surface area contributed by atoms with Crippen LogP contribution < -0.4 is 14.3 Å². The Balaban J connectivity index is 1.73. The second-order valence-electron chi connectivity index (χ2n) is 5.90. The topological polar surface area (TPSA) is 52.8 Å². The molecule has 2 aromatic rings. The maximum atomic E-state index is 12.4. The number of aryl methyl sites for hydroxylation is 1. The number of hydrogen-bond donors (Lipinski definition) is 0. The molecule has 0 atom stereocenters. The molecule has 1 aromatic carbocycles. The molecule has 1 aliphatic carbocycles. The van der Waals surface area contributed by atoms with Crippen molar-refractivity contribution in [3.8, 4) is 11.5 Å². The van der Waals surface area contributed by atoms with Crippen LogP contribution in [0.5, 0.6) is 11.5 Å². The Morgan fingerprint density at radius 3 is 2.73 bits per heavy atom. The highest BCUT2D eigenvalue weighted by Gasteiger charge is 2.21. The highest BCUT2D eigenvalue weighted by molar-refractivity contribution is 7.16. The lowest BCUT2D eigenvalue weighted by molar-refractivity contribution is -0.122. The first kappa shape index (κ1) is 13.8. The van der Waals surface area contributed by atoms with Gasteiger partial charge in [0.2, 0.25) is 6.79 Å². The number of thiazole rings is 1. The van der Waals surface area contributed by atoms with Gasteiger partial charge in [0.05, 0.1) is 10.2 Å². The number of fused-ring (bicyclic) bond motifs is 2. The van der Waals surface area contributed by atoms with Gasteiger partial charge in [0, 0.05) is 25.1 Å². The Kier molecular flexibility index (Phi) is 3.41. The zero-order valence-corrected chi connectivity index (χ0v) is 13.3. The zero-order valence-electron chi connectivity index (χ0n) is 12.5. The maximum absolute atomic E-state index is 12.4. The van der Waals surface area contributed by atoms with E-state index < -0.39 is 0 Å². The fourth-order valence-electron chi connectivity index (χ4n) is 3.16. The summed E-state index contributed by atoms with van der Waals surface area (Å²) in [5.41, 5.74) is 1.02. The van der Waals surface area contributed by atoms with Gasteiger partial charge in [-0.2, -0.15) is 4.99 Å². The fraction of sp³-hybridized carbons (Fsp3) is 0.500. The van der Waals surface area contributed by atoms with Gasteiger partial charge in [-0.25, -0.2) is 0 Å². The molecule has 1 aromatic heterocycles. The van der Waals surface area contributed by atoms with Crippen molar-refractivity contribution in [3.05, 3.63) is 16.9 Å². The van der Waals surface area contributed by atoms with Gasteiger partial charge in [0.1, 0.15) is 0 Å². The van der Waals surface area contributed by atoms with E-state index in [1.807, 2.05) is 23.7 Å². The van der Waals surface area contributed by atoms with Gasteiger partial charge in [0.15, 0.2) is 16.3 Å². The average molecular weight is 318 g/mol. The number of nitrogens with zero attached hydrogens (tertiary/aromatic N) is 2. The highest BCUT2D eigenvalue weighted by atomic mass is 32.1. The zero-order chi connectivity index (χ0) is 15.1. The Labute approximate surface area is 132 Å². The molecule has 4 rings (SSSR count). The van der Waals surface area contributed by atoms with Crippen LogP contribution in [0.1, 0.15) is 32.1 Å². The van der Waals surface area contributed by atoms with E-state index in [0.29, 0.717) is 0 Å². The normalized spacial score (nSPS) is 19.0. The molecule has 0 N–H and O–H groups in total. The summed E-state index contributed by atoms with van der Waals surface area (Å²) in [5.74, 6) is 1.66. The van der Waals surface area contributed by atoms with Crippen LogP contribution in [0, 0.1) is 5.92 Å². The van der Waals surface area contributed by atoms with Crippen molar-refractivity contribution in [3.63, 3.8) is 0 Å². The second-order valence-corrected chi connectivity index (χ2v) is 6.91. The predicted octanol–water partition coefficient (Wildman–Crippen LogP) is 2.98. The van der Waals surface area contributed by atoms with Gasteiger partial charge in [-0.15, -0.1) is 0 Å². The Hall–Kier alpha value is -1.82. The van der Waals surface area contributed by atoms with Gasteiger partial charge in [-0.1, -0.05) is 30.6 Å². The standard InChI is InChI=1S/C16H18N2O3S/c1-18-11-7-12-13(21-9-20-12)8-14(11)22-16(18)17-15(19)10-5-3-2-4-6-10/h7-8,10H,2-6,9H2,1H3. The molecule has 116 valence electrons. The molecule has 0 unspecified atom stereocenters. The third-order valence-electron chi connectivity index (χ3n) is 4.46.